The van der Waals surface area contributed by atoms with Gasteiger partial charge in [0.25, 0.3) is 0 Å². The van der Waals surface area contributed by atoms with E-state index in [0.29, 0.717) is 13.2 Å². The molecule has 1 amide bonds. The fourth-order valence-electron chi connectivity index (χ4n) is 4.12. The number of benzene rings is 1. The van der Waals surface area contributed by atoms with E-state index in [1.807, 2.05) is 50.3 Å². The number of amides is 1. The Morgan fingerprint density at radius 3 is 2.84 bits per heavy atom. The molecule has 1 aromatic carbocycles. The summed E-state index contributed by atoms with van der Waals surface area (Å²) in [6.45, 7) is 4.91. The molecule has 5 heteroatoms. The average molecular weight is 341 g/mol. The Morgan fingerprint density at radius 2 is 2.12 bits per heavy atom. The third-order valence-electron chi connectivity index (χ3n) is 5.46. The maximum absolute atomic E-state index is 13.1. The molecule has 3 heterocycles. The fraction of sp³-hybridized carbons (Fsp3) is 0.500. The topological polar surface area (TPSA) is 55.8 Å². The molecule has 3 aliphatic rings. The number of esters is 1. The van der Waals surface area contributed by atoms with Crippen LogP contribution in [0.2, 0.25) is 0 Å². The van der Waals surface area contributed by atoms with Gasteiger partial charge in [-0.15, -0.1) is 0 Å². The van der Waals surface area contributed by atoms with Crippen LogP contribution in [0.3, 0.4) is 0 Å². The molecule has 132 valence electrons. The summed E-state index contributed by atoms with van der Waals surface area (Å²) in [5.41, 5.74) is 1.29. The van der Waals surface area contributed by atoms with E-state index < -0.39 is 17.4 Å². The molecule has 0 saturated carbocycles. The molecule has 0 aromatic heterocycles. The molecule has 1 spiro atoms. The van der Waals surface area contributed by atoms with Gasteiger partial charge in [0.2, 0.25) is 5.91 Å². The Kier molecular flexibility index (Phi) is 3.91. The lowest BCUT2D eigenvalue weighted by atomic mass is 9.77. The number of carbonyl (C=O) groups excluding carboxylic acids is 2. The standard InChI is InChI=1S/C20H23NO4/c1-3-4-11-24-19(23)16-15-9-10-20(25-15)12-21(18(22)17(16)20)14-7-5-13(2)6-8-14/h5-10,15-17H,3-4,11-12H2,1-2H3/t15-,16?,17?,20-/m1/s1. The Morgan fingerprint density at radius 1 is 1.36 bits per heavy atom. The number of aryl methyl sites for hydroxylation is 1. The van der Waals surface area contributed by atoms with E-state index in [4.69, 9.17) is 9.47 Å². The van der Waals surface area contributed by atoms with Crippen molar-refractivity contribution in [3.63, 3.8) is 0 Å². The highest BCUT2D eigenvalue weighted by atomic mass is 16.6. The summed E-state index contributed by atoms with van der Waals surface area (Å²) >= 11 is 0. The number of hydrogen-bond acceptors (Lipinski definition) is 4. The van der Waals surface area contributed by atoms with E-state index >= 15 is 0 Å². The molecule has 1 aromatic rings. The Bertz CT molecular complexity index is 726. The first-order valence-corrected chi connectivity index (χ1v) is 8.97. The number of carbonyl (C=O) groups is 2. The molecule has 2 fully saturated rings. The first-order valence-electron chi connectivity index (χ1n) is 8.97. The highest BCUT2D eigenvalue weighted by Crippen LogP contribution is 2.52. The second-order valence-electron chi connectivity index (χ2n) is 7.18. The van der Waals surface area contributed by atoms with Crippen molar-refractivity contribution in [2.24, 2.45) is 11.8 Å². The van der Waals surface area contributed by atoms with Crippen LogP contribution in [0.5, 0.6) is 0 Å². The molecule has 0 aliphatic carbocycles. The molecular formula is C20H23NO4. The molecule has 2 unspecified atom stereocenters. The van der Waals surface area contributed by atoms with Gasteiger partial charge in [0, 0.05) is 5.69 Å². The quantitative estimate of drug-likeness (QED) is 0.469. The van der Waals surface area contributed by atoms with Crippen molar-refractivity contribution < 1.29 is 19.1 Å². The van der Waals surface area contributed by atoms with Crippen LogP contribution in [0, 0.1) is 18.8 Å². The van der Waals surface area contributed by atoms with Gasteiger partial charge < -0.3 is 14.4 Å². The van der Waals surface area contributed by atoms with E-state index in [1.54, 1.807) is 4.90 Å². The lowest BCUT2D eigenvalue weighted by molar-refractivity contribution is -0.152. The summed E-state index contributed by atoms with van der Waals surface area (Å²) in [5, 5.41) is 0. The van der Waals surface area contributed by atoms with E-state index in [-0.39, 0.29) is 18.0 Å². The number of nitrogens with zero attached hydrogens (tertiary/aromatic N) is 1. The molecule has 0 radical (unpaired) electrons. The molecule has 5 nitrogen and oxygen atoms in total. The van der Waals surface area contributed by atoms with Gasteiger partial charge in [-0.1, -0.05) is 43.2 Å². The summed E-state index contributed by atoms with van der Waals surface area (Å²) < 4.78 is 11.5. The summed E-state index contributed by atoms with van der Waals surface area (Å²) in [6.07, 6.45) is 5.33. The number of ether oxygens (including phenoxy) is 2. The zero-order chi connectivity index (χ0) is 17.6. The highest BCUT2D eigenvalue weighted by molar-refractivity contribution is 6.02. The van der Waals surface area contributed by atoms with Crippen LogP contribution in [0.25, 0.3) is 0 Å². The minimum atomic E-state index is -0.693. The normalized spacial score (nSPS) is 32.3. The summed E-state index contributed by atoms with van der Waals surface area (Å²) in [4.78, 5) is 27.4. The SMILES string of the molecule is CCCCOC(=O)C1C2C(=O)N(c3ccc(C)cc3)C[C@]23C=C[C@H]1O3. The summed E-state index contributed by atoms with van der Waals surface area (Å²) in [7, 11) is 0. The van der Waals surface area contributed by atoms with Gasteiger partial charge >= 0.3 is 5.97 Å². The molecule has 4 rings (SSSR count). The molecule has 2 saturated heterocycles. The monoisotopic (exact) mass is 341 g/mol. The van der Waals surface area contributed by atoms with E-state index in [2.05, 4.69) is 0 Å². The van der Waals surface area contributed by atoms with Crippen molar-refractivity contribution in [1.29, 1.82) is 0 Å². The third-order valence-corrected chi connectivity index (χ3v) is 5.46. The third kappa shape index (κ3) is 2.49. The van der Waals surface area contributed by atoms with Crippen molar-refractivity contribution in [1.82, 2.24) is 0 Å². The van der Waals surface area contributed by atoms with Crippen molar-refractivity contribution in [2.45, 2.75) is 38.4 Å². The maximum Gasteiger partial charge on any atom is 0.312 e. The Balaban J connectivity index is 1.59. The number of fused-ring (bicyclic) bond motifs is 1. The van der Waals surface area contributed by atoms with Gasteiger partial charge in [-0.3, -0.25) is 9.59 Å². The number of unbranched alkanes of at least 4 members (excludes halogenated alkanes) is 1. The molecule has 0 N–H and O–H groups in total. The molecule has 4 atom stereocenters. The van der Waals surface area contributed by atoms with Crippen LogP contribution >= 0.6 is 0 Å². The Labute approximate surface area is 147 Å². The lowest BCUT2D eigenvalue weighted by Crippen LogP contribution is -2.40. The predicted octanol–water partition coefficient (Wildman–Crippen LogP) is 2.62. The van der Waals surface area contributed by atoms with Crippen LogP contribution in [-0.4, -0.2) is 36.7 Å². The zero-order valence-electron chi connectivity index (χ0n) is 14.6. The largest absolute Gasteiger partial charge is 0.465 e. The van der Waals surface area contributed by atoms with Crippen molar-refractivity contribution in [2.75, 3.05) is 18.1 Å². The van der Waals surface area contributed by atoms with Gasteiger partial charge in [0.1, 0.15) is 11.5 Å². The molecule has 2 bridgehead atoms. The van der Waals surface area contributed by atoms with Crippen molar-refractivity contribution in [3.8, 4) is 0 Å². The zero-order valence-corrected chi connectivity index (χ0v) is 14.6. The van der Waals surface area contributed by atoms with Crippen molar-refractivity contribution in [3.05, 3.63) is 42.0 Å². The van der Waals surface area contributed by atoms with E-state index in [0.717, 1.165) is 24.1 Å². The highest BCUT2D eigenvalue weighted by Gasteiger charge is 2.67. The smallest absolute Gasteiger partial charge is 0.312 e. The van der Waals surface area contributed by atoms with E-state index in [9.17, 15) is 9.59 Å². The minimum absolute atomic E-state index is 0.0480. The molecule has 3 aliphatic heterocycles. The minimum Gasteiger partial charge on any atom is -0.465 e. The van der Waals surface area contributed by atoms with Gasteiger partial charge in [0.15, 0.2) is 0 Å². The van der Waals surface area contributed by atoms with Gasteiger partial charge in [-0.05, 0) is 25.5 Å². The molecule has 25 heavy (non-hydrogen) atoms. The first kappa shape index (κ1) is 16.3. The number of rotatable bonds is 5. The number of anilines is 1. The van der Waals surface area contributed by atoms with E-state index in [1.165, 1.54) is 0 Å². The van der Waals surface area contributed by atoms with Gasteiger partial charge in [-0.2, -0.15) is 0 Å². The summed E-state index contributed by atoms with van der Waals surface area (Å²) in [5.74, 6) is -1.38. The fourth-order valence-corrected chi connectivity index (χ4v) is 4.12. The summed E-state index contributed by atoms with van der Waals surface area (Å²) in [6, 6.07) is 7.85. The average Bonchev–Trinajstić information content (AvgIpc) is 3.24. The second kappa shape index (κ2) is 5.99. The maximum atomic E-state index is 13.1. The Hall–Kier alpha value is -2.14. The first-order chi connectivity index (χ1) is 12.1. The molecular weight excluding hydrogens is 318 g/mol. The van der Waals surface area contributed by atoms with Crippen LogP contribution in [-0.2, 0) is 19.1 Å². The number of hydrogen-bond donors (Lipinski definition) is 0. The van der Waals surface area contributed by atoms with Gasteiger partial charge in [-0.25, -0.2) is 0 Å². The van der Waals surface area contributed by atoms with Crippen LogP contribution in [0.4, 0.5) is 5.69 Å². The second-order valence-corrected chi connectivity index (χ2v) is 7.18. The van der Waals surface area contributed by atoms with Crippen LogP contribution in [0.1, 0.15) is 25.3 Å². The predicted molar refractivity (Wildman–Crippen MR) is 93.1 cm³/mol. The van der Waals surface area contributed by atoms with Crippen LogP contribution < -0.4 is 4.90 Å². The van der Waals surface area contributed by atoms with Crippen molar-refractivity contribution >= 4 is 17.6 Å². The van der Waals surface area contributed by atoms with Gasteiger partial charge in [0.05, 0.1) is 25.2 Å². The van der Waals surface area contributed by atoms with Crippen LogP contribution in [0.15, 0.2) is 36.4 Å². The lowest BCUT2D eigenvalue weighted by Gasteiger charge is -2.22.